The van der Waals surface area contributed by atoms with E-state index in [1.165, 1.54) is 29.1 Å². The summed E-state index contributed by atoms with van der Waals surface area (Å²) in [4.78, 5) is 0. The Balaban J connectivity index is 2.20. The molecule has 18 heavy (non-hydrogen) atoms. The van der Waals surface area contributed by atoms with Gasteiger partial charge in [0.1, 0.15) is 0 Å². The second-order valence-corrected chi connectivity index (χ2v) is 4.92. The van der Waals surface area contributed by atoms with Crippen LogP contribution < -0.4 is 5.32 Å². The highest BCUT2D eigenvalue weighted by Crippen LogP contribution is 2.21. The van der Waals surface area contributed by atoms with Crippen molar-refractivity contribution in [1.29, 1.82) is 0 Å². The molecule has 2 rings (SSSR count). The summed E-state index contributed by atoms with van der Waals surface area (Å²) in [6.45, 7) is 5.23. The quantitative estimate of drug-likeness (QED) is 0.868. The maximum atomic E-state index is 4.18. The Kier molecular flexibility index (Phi) is 4.84. The molecule has 0 bridgehead atoms. The normalized spacial score (nSPS) is 12.6. The maximum Gasteiger partial charge on any atom is 0.0970 e. The van der Waals surface area contributed by atoms with Crippen molar-refractivity contribution in [2.24, 2.45) is 0 Å². The lowest BCUT2D eigenvalue weighted by atomic mass is 10.0. The van der Waals surface area contributed by atoms with Crippen LogP contribution >= 0.6 is 11.5 Å². The third kappa shape index (κ3) is 3.15. The monoisotopic (exact) mass is 261 g/mol. The van der Waals surface area contributed by atoms with E-state index < -0.39 is 0 Å². The van der Waals surface area contributed by atoms with E-state index in [1.807, 2.05) is 5.38 Å². The first kappa shape index (κ1) is 13.2. The molecule has 4 heteroatoms. The largest absolute Gasteiger partial charge is 0.305 e. The SMILES string of the molecule is CCCc1ccc(C(NCC)c2csnn2)cc1. The van der Waals surface area contributed by atoms with Crippen molar-refractivity contribution in [2.45, 2.75) is 32.7 Å². The van der Waals surface area contributed by atoms with Gasteiger partial charge in [-0.1, -0.05) is 49.0 Å². The molecule has 0 aliphatic carbocycles. The van der Waals surface area contributed by atoms with Gasteiger partial charge in [-0.15, -0.1) is 5.10 Å². The molecular weight excluding hydrogens is 242 g/mol. The Morgan fingerprint density at radius 1 is 1.22 bits per heavy atom. The molecule has 0 saturated heterocycles. The van der Waals surface area contributed by atoms with Crippen LogP contribution in [0.5, 0.6) is 0 Å². The number of rotatable bonds is 6. The minimum atomic E-state index is 0.157. The van der Waals surface area contributed by atoms with Crippen molar-refractivity contribution in [1.82, 2.24) is 14.9 Å². The molecule has 0 amide bonds. The molecule has 1 aromatic carbocycles. The second-order valence-electron chi connectivity index (χ2n) is 4.31. The molecule has 0 fully saturated rings. The van der Waals surface area contributed by atoms with Gasteiger partial charge in [-0.05, 0) is 35.6 Å². The minimum Gasteiger partial charge on any atom is -0.305 e. The van der Waals surface area contributed by atoms with Crippen molar-refractivity contribution < 1.29 is 0 Å². The zero-order valence-electron chi connectivity index (χ0n) is 10.9. The van der Waals surface area contributed by atoms with Crippen LogP contribution in [-0.2, 0) is 6.42 Å². The highest BCUT2D eigenvalue weighted by Gasteiger charge is 2.15. The molecule has 96 valence electrons. The average Bonchev–Trinajstić information content (AvgIpc) is 2.91. The van der Waals surface area contributed by atoms with E-state index in [9.17, 15) is 0 Å². The van der Waals surface area contributed by atoms with Gasteiger partial charge in [0.25, 0.3) is 0 Å². The van der Waals surface area contributed by atoms with Crippen LogP contribution in [0, 0.1) is 0 Å². The van der Waals surface area contributed by atoms with E-state index in [-0.39, 0.29) is 6.04 Å². The summed E-state index contributed by atoms with van der Waals surface area (Å²) >= 11 is 1.40. The predicted octanol–water partition coefficient (Wildman–Crippen LogP) is 3.19. The molecule has 1 N–H and O–H groups in total. The molecule has 1 heterocycles. The summed E-state index contributed by atoms with van der Waals surface area (Å²) in [6.07, 6.45) is 2.33. The van der Waals surface area contributed by atoms with Crippen LogP contribution in [0.4, 0.5) is 0 Å². The van der Waals surface area contributed by atoms with Gasteiger partial charge in [-0.3, -0.25) is 0 Å². The van der Waals surface area contributed by atoms with Crippen molar-refractivity contribution in [3.63, 3.8) is 0 Å². The lowest BCUT2D eigenvalue weighted by Crippen LogP contribution is -2.22. The van der Waals surface area contributed by atoms with E-state index in [0.29, 0.717) is 0 Å². The third-order valence-corrected chi connectivity index (χ3v) is 3.46. The lowest BCUT2D eigenvalue weighted by molar-refractivity contribution is 0.613. The highest BCUT2D eigenvalue weighted by atomic mass is 32.1. The molecule has 1 unspecified atom stereocenters. The Bertz CT molecular complexity index is 450. The van der Waals surface area contributed by atoms with Crippen molar-refractivity contribution in [2.75, 3.05) is 6.54 Å². The molecule has 1 atom stereocenters. The standard InChI is InChI=1S/C14H19N3S/c1-3-5-11-6-8-12(9-7-11)14(15-4-2)13-10-18-17-16-13/h6-10,14-15H,3-5H2,1-2H3. The number of nitrogens with zero attached hydrogens (tertiary/aromatic N) is 2. The number of aromatic nitrogens is 2. The molecule has 2 aromatic rings. The topological polar surface area (TPSA) is 37.8 Å². The van der Waals surface area contributed by atoms with Gasteiger partial charge in [0, 0.05) is 5.38 Å². The van der Waals surface area contributed by atoms with Gasteiger partial charge in [0.05, 0.1) is 11.7 Å². The fraction of sp³-hybridized carbons (Fsp3) is 0.429. The van der Waals surface area contributed by atoms with E-state index in [1.54, 1.807) is 0 Å². The van der Waals surface area contributed by atoms with Crippen LogP contribution in [0.3, 0.4) is 0 Å². The number of aryl methyl sites for hydroxylation is 1. The Morgan fingerprint density at radius 3 is 2.56 bits per heavy atom. The minimum absolute atomic E-state index is 0.157. The predicted molar refractivity (Wildman–Crippen MR) is 75.9 cm³/mol. The van der Waals surface area contributed by atoms with Gasteiger partial charge in [0.2, 0.25) is 0 Å². The first-order valence-electron chi connectivity index (χ1n) is 6.44. The van der Waals surface area contributed by atoms with E-state index >= 15 is 0 Å². The fourth-order valence-electron chi connectivity index (χ4n) is 2.06. The number of hydrogen-bond donors (Lipinski definition) is 1. The fourth-order valence-corrected chi connectivity index (χ4v) is 2.54. The van der Waals surface area contributed by atoms with Crippen LogP contribution in [0.1, 0.15) is 43.1 Å². The first-order valence-corrected chi connectivity index (χ1v) is 7.28. The van der Waals surface area contributed by atoms with Crippen molar-refractivity contribution in [3.05, 3.63) is 46.5 Å². The molecule has 3 nitrogen and oxygen atoms in total. The van der Waals surface area contributed by atoms with Crippen LogP contribution in [0.2, 0.25) is 0 Å². The van der Waals surface area contributed by atoms with Crippen molar-refractivity contribution >= 4 is 11.5 Å². The molecular formula is C14H19N3S. The zero-order valence-corrected chi connectivity index (χ0v) is 11.7. The summed E-state index contributed by atoms with van der Waals surface area (Å²) in [5, 5.41) is 9.64. The molecule has 0 aliphatic rings. The Hall–Kier alpha value is -1.26. The van der Waals surface area contributed by atoms with E-state index in [0.717, 1.165) is 18.7 Å². The number of hydrogen-bond acceptors (Lipinski definition) is 4. The first-order chi connectivity index (χ1) is 8.85. The zero-order chi connectivity index (χ0) is 12.8. The van der Waals surface area contributed by atoms with E-state index in [4.69, 9.17) is 0 Å². The summed E-state index contributed by atoms with van der Waals surface area (Å²) in [5.74, 6) is 0. The molecule has 0 saturated carbocycles. The van der Waals surface area contributed by atoms with Gasteiger partial charge in [-0.2, -0.15) is 0 Å². The van der Waals surface area contributed by atoms with Gasteiger partial charge in [0.15, 0.2) is 0 Å². The van der Waals surface area contributed by atoms with E-state index in [2.05, 4.69) is 53.0 Å². The second kappa shape index (κ2) is 6.61. The van der Waals surface area contributed by atoms with Crippen LogP contribution in [0.25, 0.3) is 0 Å². The van der Waals surface area contributed by atoms with Gasteiger partial charge >= 0.3 is 0 Å². The molecule has 0 spiro atoms. The maximum absolute atomic E-state index is 4.18. The summed E-state index contributed by atoms with van der Waals surface area (Å²) < 4.78 is 3.95. The summed E-state index contributed by atoms with van der Waals surface area (Å²) in [6, 6.07) is 8.96. The van der Waals surface area contributed by atoms with Crippen LogP contribution in [0.15, 0.2) is 29.6 Å². The highest BCUT2D eigenvalue weighted by molar-refractivity contribution is 7.03. The summed E-state index contributed by atoms with van der Waals surface area (Å²) in [5.41, 5.74) is 3.65. The molecule has 1 aromatic heterocycles. The van der Waals surface area contributed by atoms with Gasteiger partial charge in [-0.25, -0.2) is 0 Å². The van der Waals surface area contributed by atoms with Crippen molar-refractivity contribution in [3.8, 4) is 0 Å². The average molecular weight is 261 g/mol. The smallest absolute Gasteiger partial charge is 0.0970 e. The van der Waals surface area contributed by atoms with Crippen LogP contribution in [-0.4, -0.2) is 16.1 Å². The number of nitrogens with one attached hydrogen (secondary N) is 1. The Labute approximate surface area is 112 Å². The Morgan fingerprint density at radius 2 is 2.00 bits per heavy atom. The summed E-state index contributed by atoms with van der Waals surface area (Å²) in [7, 11) is 0. The lowest BCUT2D eigenvalue weighted by Gasteiger charge is -2.16. The number of benzene rings is 1. The molecule has 0 aliphatic heterocycles. The van der Waals surface area contributed by atoms with Gasteiger partial charge < -0.3 is 5.32 Å². The third-order valence-electron chi connectivity index (χ3n) is 2.93. The molecule has 0 radical (unpaired) electrons.